The van der Waals surface area contributed by atoms with Crippen molar-refractivity contribution in [1.82, 2.24) is 14.5 Å². The molecule has 0 saturated heterocycles. The number of hydrogen-bond acceptors (Lipinski definition) is 2. The number of hydrogen-bond donors (Lipinski definition) is 3. The second-order valence-corrected chi connectivity index (χ2v) is 4.71. The van der Waals surface area contributed by atoms with Crippen LogP contribution in [0, 0.1) is 4.77 Å². The lowest BCUT2D eigenvalue weighted by molar-refractivity contribution is 0.426. The number of nitrogens with zero attached hydrogens (tertiary/aromatic N) is 1. The van der Waals surface area contributed by atoms with E-state index in [1.165, 1.54) is 5.39 Å². The number of benzene rings is 1. The zero-order chi connectivity index (χ0) is 12.7. The van der Waals surface area contributed by atoms with E-state index in [0.29, 0.717) is 11.2 Å². The maximum Gasteiger partial charge on any atom is 0.213 e. The van der Waals surface area contributed by atoms with E-state index in [4.69, 9.17) is 12.2 Å². The highest BCUT2D eigenvalue weighted by Crippen LogP contribution is 2.24. The van der Waals surface area contributed by atoms with Crippen molar-refractivity contribution in [2.75, 3.05) is 0 Å². The summed E-state index contributed by atoms with van der Waals surface area (Å²) in [5.74, 6) is 0.199. The van der Waals surface area contributed by atoms with Crippen molar-refractivity contribution < 1.29 is 5.11 Å². The molecule has 0 atom stereocenters. The molecule has 0 amide bonds. The minimum atomic E-state index is 0.199. The van der Waals surface area contributed by atoms with E-state index in [0.717, 1.165) is 16.8 Å². The number of para-hydroxylation sites is 1. The van der Waals surface area contributed by atoms with Crippen molar-refractivity contribution in [2.24, 2.45) is 7.05 Å². The topological polar surface area (TPSA) is 56.7 Å². The van der Waals surface area contributed by atoms with Gasteiger partial charge in [0.1, 0.15) is 0 Å². The molecule has 0 unspecified atom stereocenters. The molecule has 5 heteroatoms. The van der Waals surface area contributed by atoms with Gasteiger partial charge in [0.2, 0.25) is 5.88 Å². The zero-order valence-corrected chi connectivity index (χ0v) is 10.7. The molecule has 4 nitrogen and oxygen atoms in total. The molecular formula is C13H13N3OS. The summed E-state index contributed by atoms with van der Waals surface area (Å²) in [6, 6.07) is 8.10. The van der Waals surface area contributed by atoms with Crippen LogP contribution in [0.1, 0.15) is 11.3 Å². The Morgan fingerprint density at radius 2 is 2.11 bits per heavy atom. The lowest BCUT2D eigenvalue weighted by Crippen LogP contribution is -1.89. The minimum absolute atomic E-state index is 0.199. The molecule has 0 aliphatic rings. The summed E-state index contributed by atoms with van der Waals surface area (Å²) in [7, 11) is 1.74. The standard InChI is InChI=1S/C13H13N3OS/c1-16-12(17)11(15-13(16)18)6-8-7-14-10-5-3-2-4-9(8)10/h2-5,7,14,17H,6H2,1H3,(H,15,18). The summed E-state index contributed by atoms with van der Waals surface area (Å²) in [6.07, 6.45) is 2.59. The van der Waals surface area contributed by atoms with E-state index in [9.17, 15) is 5.11 Å². The molecule has 92 valence electrons. The summed E-state index contributed by atoms with van der Waals surface area (Å²) >= 11 is 5.09. The fourth-order valence-corrected chi connectivity index (χ4v) is 2.37. The quantitative estimate of drug-likeness (QED) is 0.620. The van der Waals surface area contributed by atoms with Gasteiger partial charge in [0.15, 0.2) is 4.77 Å². The molecule has 0 spiro atoms. The second kappa shape index (κ2) is 4.03. The zero-order valence-electron chi connectivity index (χ0n) is 9.90. The Balaban J connectivity index is 2.06. The van der Waals surface area contributed by atoms with Crippen LogP contribution in [0.5, 0.6) is 5.88 Å². The fraction of sp³-hybridized carbons (Fsp3) is 0.154. The molecule has 0 saturated carbocycles. The summed E-state index contributed by atoms with van der Waals surface area (Å²) < 4.78 is 2.10. The number of rotatable bonds is 2. The van der Waals surface area contributed by atoms with Crippen LogP contribution in [-0.4, -0.2) is 19.6 Å². The Morgan fingerprint density at radius 1 is 1.33 bits per heavy atom. The first-order valence-electron chi connectivity index (χ1n) is 5.68. The third-order valence-electron chi connectivity index (χ3n) is 3.19. The van der Waals surface area contributed by atoms with Gasteiger partial charge in [-0.15, -0.1) is 0 Å². The molecule has 0 aliphatic heterocycles. The number of imidazole rings is 1. The van der Waals surface area contributed by atoms with Gasteiger partial charge in [0.05, 0.1) is 5.69 Å². The van der Waals surface area contributed by atoms with Gasteiger partial charge in [0, 0.05) is 30.6 Å². The van der Waals surface area contributed by atoms with Crippen LogP contribution in [0.4, 0.5) is 0 Å². The summed E-state index contributed by atoms with van der Waals surface area (Å²) in [5.41, 5.74) is 2.98. The number of H-pyrrole nitrogens is 2. The van der Waals surface area contributed by atoms with Crippen LogP contribution in [0.25, 0.3) is 10.9 Å². The van der Waals surface area contributed by atoms with Gasteiger partial charge in [-0.2, -0.15) is 0 Å². The highest BCUT2D eigenvalue weighted by atomic mass is 32.1. The number of aromatic hydroxyl groups is 1. The minimum Gasteiger partial charge on any atom is -0.493 e. The van der Waals surface area contributed by atoms with Crippen molar-refractivity contribution in [2.45, 2.75) is 6.42 Å². The van der Waals surface area contributed by atoms with E-state index in [1.54, 1.807) is 11.6 Å². The second-order valence-electron chi connectivity index (χ2n) is 4.33. The molecule has 3 rings (SSSR count). The first-order chi connectivity index (χ1) is 8.66. The third kappa shape index (κ3) is 1.64. The Kier molecular flexibility index (Phi) is 2.48. The van der Waals surface area contributed by atoms with E-state index < -0.39 is 0 Å². The van der Waals surface area contributed by atoms with Gasteiger partial charge in [-0.25, -0.2) is 0 Å². The largest absolute Gasteiger partial charge is 0.493 e. The molecule has 3 N–H and O–H groups in total. The van der Waals surface area contributed by atoms with Crippen LogP contribution in [0.2, 0.25) is 0 Å². The summed E-state index contributed by atoms with van der Waals surface area (Å²) in [6.45, 7) is 0. The summed E-state index contributed by atoms with van der Waals surface area (Å²) in [5, 5.41) is 11.1. The number of fused-ring (bicyclic) bond motifs is 1. The Labute approximate surface area is 109 Å². The molecule has 0 fully saturated rings. The van der Waals surface area contributed by atoms with Crippen LogP contribution < -0.4 is 0 Å². The van der Waals surface area contributed by atoms with E-state index in [1.807, 2.05) is 24.4 Å². The first kappa shape index (κ1) is 11.1. The van der Waals surface area contributed by atoms with Gasteiger partial charge in [-0.05, 0) is 23.8 Å². The fourth-order valence-electron chi connectivity index (χ4n) is 2.16. The molecule has 0 radical (unpaired) electrons. The SMILES string of the molecule is Cn1c(O)c(Cc2c[nH]c3ccccc23)[nH]c1=S. The van der Waals surface area contributed by atoms with E-state index in [2.05, 4.69) is 16.0 Å². The number of aromatic nitrogens is 3. The molecule has 2 heterocycles. The van der Waals surface area contributed by atoms with Crippen molar-refractivity contribution >= 4 is 23.1 Å². The van der Waals surface area contributed by atoms with Gasteiger partial charge in [0.25, 0.3) is 0 Å². The maximum absolute atomic E-state index is 9.94. The van der Waals surface area contributed by atoms with Gasteiger partial charge < -0.3 is 15.1 Å². The average Bonchev–Trinajstić information content (AvgIpc) is 2.89. The predicted molar refractivity (Wildman–Crippen MR) is 73.4 cm³/mol. The molecule has 3 aromatic rings. The van der Waals surface area contributed by atoms with Crippen molar-refractivity contribution in [3.05, 3.63) is 46.5 Å². The highest BCUT2D eigenvalue weighted by Gasteiger charge is 2.11. The van der Waals surface area contributed by atoms with Crippen molar-refractivity contribution in [3.63, 3.8) is 0 Å². The van der Waals surface area contributed by atoms with E-state index >= 15 is 0 Å². The summed E-state index contributed by atoms with van der Waals surface area (Å²) in [4.78, 5) is 6.25. The van der Waals surface area contributed by atoms with Crippen LogP contribution in [-0.2, 0) is 13.5 Å². The molecule has 0 aliphatic carbocycles. The van der Waals surface area contributed by atoms with Gasteiger partial charge in [-0.1, -0.05) is 18.2 Å². The monoisotopic (exact) mass is 259 g/mol. The molecular weight excluding hydrogens is 246 g/mol. The molecule has 1 aromatic carbocycles. The highest BCUT2D eigenvalue weighted by molar-refractivity contribution is 7.71. The lowest BCUT2D eigenvalue weighted by Gasteiger charge is -1.99. The predicted octanol–water partition coefficient (Wildman–Crippen LogP) is 2.86. The maximum atomic E-state index is 9.94. The van der Waals surface area contributed by atoms with Gasteiger partial charge in [-0.3, -0.25) is 4.57 Å². The average molecular weight is 259 g/mol. The van der Waals surface area contributed by atoms with Crippen molar-refractivity contribution in [3.8, 4) is 5.88 Å². The van der Waals surface area contributed by atoms with Crippen LogP contribution in [0.15, 0.2) is 30.5 Å². The van der Waals surface area contributed by atoms with Crippen LogP contribution >= 0.6 is 12.2 Å². The van der Waals surface area contributed by atoms with E-state index in [-0.39, 0.29) is 5.88 Å². The van der Waals surface area contributed by atoms with Crippen LogP contribution in [0.3, 0.4) is 0 Å². The number of nitrogens with one attached hydrogen (secondary N) is 2. The third-order valence-corrected chi connectivity index (χ3v) is 3.57. The van der Waals surface area contributed by atoms with Gasteiger partial charge >= 0.3 is 0 Å². The Hall–Kier alpha value is -2.01. The normalized spacial score (nSPS) is 11.2. The Morgan fingerprint density at radius 3 is 2.83 bits per heavy atom. The molecule has 2 aromatic heterocycles. The van der Waals surface area contributed by atoms with Crippen molar-refractivity contribution in [1.29, 1.82) is 0 Å². The molecule has 18 heavy (non-hydrogen) atoms. The number of aromatic amines is 2. The Bertz CT molecular complexity index is 766. The smallest absolute Gasteiger partial charge is 0.213 e. The lowest BCUT2D eigenvalue weighted by atomic mass is 10.1. The first-order valence-corrected chi connectivity index (χ1v) is 6.09. The molecule has 0 bridgehead atoms.